The maximum absolute atomic E-state index is 6.39. The molecule has 0 radical (unpaired) electrons. The molecule has 2 aromatic rings. The Kier molecular flexibility index (Phi) is 3.51. The van der Waals surface area contributed by atoms with Crippen LogP contribution in [0.3, 0.4) is 0 Å². The van der Waals surface area contributed by atoms with Gasteiger partial charge in [0.1, 0.15) is 11.4 Å². The summed E-state index contributed by atoms with van der Waals surface area (Å²) in [4.78, 5) is 9.44. The number of hydrogen-bond acceptors (Lipinski definition) is 5. The fourth-order valence-corrected chi connectivity index (χ4v) is 5.08. The second-order valence-corrected chi connectivity index (χ2v) is 8.12. The van der Waals surface area contributed by atoms with E-state index in [4.69, 9.17) is 27.1 Å². The SMILES string of the molecule is Cc1nc(N2CC3(CN4CCC3CC4)OC2N)cc2cc(Cl)ccc12. The van der Waals surface area contributed by atoms with Crippen molar-refractivity contribution in [1.29, 1.82) is 0 Å². The Labute approximate surface area is 152 Å². The first kappa shape index (κ1) is 15.8. The van der Waals surface area contributed by atoms with E-state index in [2.05, 4.69) is 15.9 Å². The zero-order valence-electron chi connectivity index (χ0n) is 14.4. The maximum Gasteiger partial charge on any atom is 0.186 e. The quantitative estimate of drug-likeness (QED) is 0.849. The number of nitrogens with zero attached hydrogens (tertiary/aromatic N) is 3. The van der Waals surface area contributed by atoms with E-state index >= 15 is 0 Å². The zero-order valence-corrected chi connectivity index (χ0v) is 15.2. The van der Waals surface area contributed by atoms with Gasteiger partial charge in [0, 0.05) is 22.6 Å². The predicted octanol–water partition coefficient (Wildman–Crippen LogP) is 2.74. The molecule has 0 aliphatic carbocycles. The number of pyridine rings is 1. The van der Waals surface area contributed by atoms with Gasteiger partial charge in [0.25, 0.3) is 0 Å². The molecule has 5 nitrogen and oxygen atoms in total. The number of ether oxygens (including phenoxy) is 1. The summed E-state index contributed by atoms with van der Waals surface area (Å²) in [6.45, 7) is 6.22. The minimum Gasteiger partial charge on any atom is -0.335 e. The summed E-state index contributed by atoms with van der Waals surface area (Å²) in [7, 11) is 0. The molecule has 2 unspecified atom stereocenters. The molecule has 132 valence electrons. The van der Waals surface area contributed by atoms with E-state index in [1.165, 1.54) is 25.9 Å². The summed E-state index contributed by atoms with van der Waals surface area (Å²) in [6.07, 6.45) is 1.98. The standard InChI is InChI=1S/C19H23ClN4O/c1-12-16-3-2-15(20)8-13(16)9-17(22-12)24-11-19(25-18(24)21)10-23-6-4-14(19)5-7-23/h2-3,8-9,14,18H,4-7,10-11,21H2,1H3. The topological polar surface area (TPSA) is 54.6 Å². The first-order valence-electron chi connectivity index (χ1n) is 9.03. The molecule has 2 atom stereocenters. The Balaban J connectivity index is 1.52. The van der Waals surface area contributed by atoms with E-state index in [-0.39, 0.29) is 5.60 Å². The third-order valence-electron chi connectivity index (χ3n) is 6.19. The highest BCUT2D eigenvalue weighted by Gasteiger charge is 2.54. The molecular formula is C19H23ClN4O. The molecule has 6 heteroatoms. The smallest absolute Gasteiger partial charge is 0.186 e. The van der Waals surface area contributed by atoms with Crippen LogP contribution in [0.5, 0.6) is 0 Å². The molecule has 2 N–H and O–H groups in total. The highest BCUT2D eigenvalue weighted by Crippen LogP contribution is 2.43. The van der Waals surface area contributed by atoms with Crippen LogP contribution in [-0.4, -0.2) is 48.0 Å². The molecule has 1 aromatic carbocycles. The van der Waals surface area contributed by atoms with Gasteiger partial charge in [0.2, 0.25) is 0 Å². The lowest BCUT2D eigenvalue weighted by Crippen LogP contribution is -2.61. The molecule has 1 spiro atoms. The van der Waals surface area contributed by atoms with Gasteiger partial charge in [-0.2, -0.15) is 0 Å². The number of aryl methyl sites for hydroxylation is 1. The molecular weight excluding hydrogens is 336 g/mol. The van der Waals surface area contributed by atoms with Crippen molar-refractivity contribution in [2.24, 2.45) is 11.7 Å². The first-order valence-corrected chi connectivity index (χ1v) is 9.41. The predicted molar refractivity (Wildman–Crippen MR) is 99.8 cm³/mol. The van der Waals surface area contributed by atoms with E-state index < -0.39 is 6.35 Å². The van der Waals surface area contributed by atoms with Gasteiger partial charge in [-0.05, 0) is 62.4 Å². The van der Waals surface area contributed by atoms with Crippen molar-refractivity contribution in [3.63, 3.8) is 0 Å². The molecule has 0 saturated carbocycles. The van der Waals surface area contributed by atoms with Crippen molar-refractivity contribution < 1.29 is 4.74 Å². The summed E-state index contributed by atoms with van der Waals surface area (Å²) in [5.41, 5.74) is 7.24. The van der Waals surface area contributed by atoms with Crippen LogP contribution in [0.25, 0.3) is 10.8 Å². The molecule has 1 aromatic heterocycles. The lowest BCUT2D eigenvalue weighted by atomic mass is 9.75. The lowest BCUT2D eigenvalue weighted by molar-refractivity contribution is -0.137. The van der Waals surface area contributed by atoms with Crippen molar-refractivity contribution in [3.05, 3.63) is 35.0 Å². The van der Waals surface area contributed by atoms with Gasteiger partial charge in [0.05, 0.1) is 6.54 Å². The van der Waals surface area contributed by atoms with Crippen LogP contribution in [0.2, 0.25) is 5.02 Å². The van der Waals surface area contributed by atoms with Crippen LogP contribution >= 0.6 is 11.6 Å². The van der Waals surface area contributed by atoms with Crippen molar-refractivity contribution in [2.45, 2.75) is 31.7 Å². The molecule has 4 aliphatic rings. The number of rotatable bonds is 1. The maximum atomic E-state index is 6.39. The van der Waals surface area contributed by atoms with Gasteiger partial charge in [-0.15, -0.1) is 0 Å². The largest absolute Gasteiger partial charge is 0.335 e. The summed E-state index contributed by atoms with van der Waals surface area (Å²) in [5, 5.41) is 2.95. The van der Waals surface area contributed by atoms with Crippen molar-refractivity contribution in [2.75, 3.05) is 31.1 Å². The fourth-order valence-electron chi connectivity index (χ4n) is 4.90. The monoisotopic (exact) mass is 358 g/mol. The van der Waals surface area contributed by atoms with Crippen molar-refractivity contribution >= 4 is 28.2 Å². The van der Waals surface area contributed by atoms with E-state index in [0.29, 0.717) is 5.92 Å². The van der Waals surface area contributed by atoms with Gasteiger partial charge in [-0.1, -0.05) is 17.7 Å². The van der Waals surface area contributed by atoms with Crippen molar-refractivity contribution in [3.8, 4) is 0 Å². The molecule has 0 amide bonds. The van der Waals surface area contributed by atoms with Crippen molar-refractivity contribution in [1.82, 2.24) is 9.88 Å². The van der Waals surface area contributed by atoms with Gasteiger partial charge in [-0.25, -0.2) is 4.98 Å². The van der Waals surface area contributed by atoms with Crippen LogP contribution in [0.4, 0.5) is 5.82 Å². The molecule has 4 fully saturated rings. The van der Waals surface area contributed by atoms with E-state index in [1.54, 1.807) is 0 Å². The van der Waals surface area contributed by atoms with Gasteiger partial charge in [0.15, 0.2) is 6.35 Å². The van der Waals surface area contributed by atoms with E-state index in [0.717, 1.165) is 40.4 Å². The Bertz CT molecular complexity index is 836. The number of halogens is 1. The Morgan fingerprint density at radius 1 is 1.24 bits per heavy atom. The van der Waals surface area contributed by atoms with Gasteiger partial charge >= 0.3 is 0 Å². The van der Waals surface area contributed by atoms with Gasteiger partial charge in [-0.3, -0.25) is 5.73 Å². The number of anilines is 1. The molecule has 6 rings (SSSR count). The summed E-state index contributed by atoms with van der Waals surface area (Å²) in [6, 6.07) is 8.00. The van der Waals surface area contributed by atoms with Crippen LogP contribution in [0.1, 0.15) is 18.5 Å². The average Bonchev–Trinajstić information content (AvgIpc) is 2.91. The van der Waals surface area contributed by atoms with Crippen LogP contribution in [-0.2, 0) is 4.74 Å². The number of hydrogen-bond donors (Lipinski definition) is 1. The highest BCUT2D eigenvalue weighted by molar-refractivity contribution is 6.31. The summed E-state index contributed by atoms with van der Waals surface area (Å²) >= 11 is 6.18. The number of aromatic nitrogens is 1. The molecule has 5 heterocycles. The Hall–Kier alpha value is -1.40. The van der Waals surface area contributed by atoms with Gasteiger partial charge < -0.3 is 14.5 Å². The second-order valence-electron chi connectivity index (χ2n) is 7.68. The molecule has 25 heavy (non-hydrogen) atoms. The number of fused-ring (bicyclic) bond motifs is 3. The molecule has 4 saturated heterocycles. The third-order valence-corrected chi connectivity index (χ3v) is 6.42. The highest BCUT2D eigenvalue weighted by atomic mass is 35.5. The second kappa shape index (κ2) is 5.55. The number of nitrogens with two attached hydrogens (primary N) is 1. The minimum absolute atomic E-state index is 0.144. The van der Waals surface area contributed by atoms with Crippen LogP contribution < -0.4 is 10.6 Å². The average molecular weight is 359 g/mol. The molecule has 2 bridgehead atoms. The third kappa shape index (κ3) is 2.45. The Morgan fingerprint density at radius 2 is 2.04 bits per heavy atom. The lowest BCUT2D eigenvalue weighted by Gasteiger charge is -2.50. The summed E-state index contributed by atoms with van der Waals surface area (Å²) in [5.74, 6) is 1.48. The first-order chi connectivity index (χ1) is 12.0. The Morgan fingerprint density at radius 3 is 2.76 bits per heavy atom. The minimum atomic E-state index is -0.441. The number of benzene rings is 1. The fraction of sp³-hybridized carbons (Fsp3) is 0.526. The van der Waals surface area contributed by atoms with E-state index in [9.17, 15) is 0 Å². The van der Waals surface area contributed by atoms with Crippen LogP contribution in [0.15, 0.2) is 24.3 Å². The van der Waals surface area contributed by atoms with E-state index in [1.807, 2.05) is 25.1 Å². The normalized spacial score (nSPS) is 34.4. The van der Waals surface area contributed by atoms with Crippen LogP contribution in [0, 0.1) is 12.8 Å². The molecule has 4 aliphatic heterocycles. The zero-order chi connectivity index (χ0) is 17.2. The number of piperidine rings is 3. The summed E-state index contributed by atoms with van der Waals surface area (Å²) < 4.78 is 6.36.